The maximum absolute atomic E-state index is 11.0. The number of fused-ring (bicyclic) bond motifs is 3. The molecule has 5 rings (SSSR count). The quantitative estimate of drug-likeness (QED) is 0.649. The Kier molecular flexibility index (Phi) is 5.27. The molecule has 6 heteroatoms. The van der Waals surface area contributed by atoms with Gasteiger partial charge >= 0.3 is 0 Å². The van der Waals surface area contributed by atoms with E-state index in [2.05, 4.69) is 38.8 Å². The van der Waals surface area contributed by atoms with Crippen molar-refractivity contribution in [2.45, 2.75) is 57.0 Å². The molecule has 2 atom stereocenters. The molecule has 0 saturated heterocycles. The van der Waals surface area contributed by atoms with Gasteiger partial charge in [-0.15, -0.1) is 0 Å². The molecule has 30 heavy (non-hydrogen) atoms. The highest BCUT2D eigenvalue weighted by Crippen LogP contribution is 2.42. The van der Waals surface area contributed by atoms with E-state index in [-0.39, 0.29) is 18.2 Å². The predicted octanol–water partition coefficient (Wildman–Crippen LogP) is 3.96. The minimum atomic E-state index is -0.323. The number of anilines is 1. The minimum absolute atomic E-state index is 0.166. The van der Waals surface area contributed by atoms with Crippen LogP contribution < -0.4 is 5.73 Å². The number of aliphatic hydroxyl groups is 1. The van der Waals surface area contributed by atoms with E-state index in [1.807, 2.05) is 24.7 Å². The van der Waals surface area contributed by atoms with Gasteiger partial charge in [-0.3, -0.25) is 4.98 Å². The molecule has 1 saturated carbocycles. The van der Waals surface area contributed by atoms with Gasteiger partial charge < -0.3 is 20.1 Å². The summed E-state index contributed by atoms with van der Waals surface area (Å²) in [6, 6.07) is 12.4. The molecule has 1 aliphatic carbocycles. The number of ether oxygens (including phenoxy) is 1. The molecule has 1 aromatic carbocycles. The third-order valence-electron chi connectivity index (χ3n) is 6.64. The number of nitrogens with zero attached hydrogens (tertiary/aromatic N) is 3. The van der Waals surface area contributed by atoms with Crippen molar-refractivity contribution in [3.05, 3.63) is 66.4 Å². The SMILES string of the molecule is Nc1ccc(CO[C@H]2CC[C@H](C(O)CC3c4ccccc4-c4cncn43)CC2)nc1. The van der Waals surface area contributed by atoms with Crippen molar-refractivity contribution >= 4 is 5.69 Å². The second kappa shape index (κ2) is 8.20. The molecule has 2 aromatic heterocycles. The highest BCUT2D eigenvalue weighted by molar-refractivity contribution is 5.68. The van der Waals surface area contributed by atoms with Crippen LogP contribution in [0.3, 0.4) is 0 Å². The molecule has 0 bridgehead atoms. The number of rotatable bonds is 6. The van der Waals surface area contributed by atoms with Gasteiger partial charge in [-0.05, 0) is 55.7 Å². The van der Waals surface area contributed by atoms with Crippen molar-refractivity contribution in [3.8, 4) is 11.3 Å². The van der Waals surface area contributed by atoms with Gasteiger partial charge in [0.15, 0.2) is 0 Å². The number of imidazole rings is 1. The molecule has 3 N–H and O–H groups in total. The summed E-state index contributed by atoms with van der Waals surface area (Å²) in [5.41, 5.74) is 10.9. The average molecular weight is 405 g/mol. The summed E-state index contributed by atoms with van der Waals surface area (Å²) in [6.07, 6.45) is 10.1. The lowest BCUT2D eigenvalue weighted by molar-refractivity contribution is -0.0170. The molecule has 156 valence electrons. The van der Waals surface area contributed by atoms with Crippen LogP contribution in [0.1, 0.15) is 49.4 Å². The van der Waals surface area contributed by atoms with Crippen molar-refractivity contribution in [3.63, 3.8) is 0 Å². The molecule has 3 aromatic rings. The predicted molar refractivity (Wildman–Crippen MR) is 116 cm³/mol. The molecule has 2 aliphatic rings. The molecular formula is C24H28N4O2. The largest absolute Gasteiger partial charge is 0.397 e. The fourth-order valence-corrected chi connectivity index (χ4v) is 4.96. The van der Waals surface area contributed by atoms with E-state index < -0.39 is 0 Å². The molecule has 0 spiro atoms. The Labute approximate surface area is 176 Å². The number of benzene rings is 1. The number of pyridine rings is 1. The number of nitrogen functional groups attached to an aromatic ring is 1. The molecule has 6 nitrogen and oxygen atoms in total. The van der Waals surface area contributed by atoms with Gasteiger partial charge in [0, 0.05) is 5.56 Å². The molecular weight excluding hydrogens is 376 g/mol. The minimum Gasteiger partial charge on any atom is -0.397 e. The summed E-state index contributed by atoms with van der Waals surface area (Å²) in [7, 11) is 0. The third kappa shape index (κ3) is 3.73. The first-order valence-electron chi connectivity index (χ1n) is 10.8. The number of aliphatic hydroxyl groups excluding tert-OH is 1. The summed E-state index contributed by atoms with van der Waals surface area (Å²) >= 11 is 0. The van der Waals surface area contributed by atoms with Crippen molar-refractivity contribution in [1.82, 2.24) is 14.5 Å². The van der Waals surface area contributed by atoms with Crippen LogP contribution in [0.15, 0.2) is 55.1 Å². The fourth-order valence-electron chi connectivity index (χ4n) is 4.96. The van der Waals surface area contributed by atoms with E-state index in [4.69, 9.17) is 10.5 Å². The van der Waals surface area contributed by atoms with Crippen LogP contribution in [0.25, 0.3) is 11.3 Å². The Balaban J connectivity index is 1.16. The van der Waals surface area contributed by atoms with E-state index in [0.29, 0.717) is 18.2 Å². The second-order valence-electron chi connectivity index (χ2n) is 8.52. The Hall–Kier alpha value is -2.70. The molecule has 0 amide bonds. The third-order valence-corrected chi connectivity index (χ3v) is 6.64. The Morgan fingerprint density at radius 1 is 1.10 bits per heavy atom. The van der Waals surface area contributed by atoms with E-state index in [0.717, 1.165) is 43.5 Å². The van der Waals surface area contributed by atoms with Crippen molar-refractivity contribution in [2.24, 2.45) is 5.92 Å². The number of hydrogen-bond acceptors (Lipinski definition) is 5. The van der Waals surface area contributed by atoms with Crippen LogP contribution in [0.2, 0.25) is 0 Å². The maximum atomic E-state index is 11.0. The molecule has 1 fully saturated rings. The van der Waals surface area contributed by atoms with E-state index in [1.54, 1.807) is 6.20 Å². The van der Waals surface area contributed by atoms with E-state index >= 15 is 0 Å². The standard InChI is InChI=1S/C24H28N4O2/c25-17-7-8-18(27-12-17)14-30-19-9-5-16(6-10-19)24(29)11-22-20-3-1-2-4-21(20)23-13-26-15-28(22)23/h1-4,7-8,12-13,15-16,19,22,24,29H,5-6,9-11,14,25H2/t16-,19-,22?,24?. The van der Waals surface area contributed by atoms with Gasteiger partial charge in [0.2, 0.25) is 0 Å². The van der Waals surface area contributed by atoms with Crippen LogP contribution in [0.5, 0.6) is 0 Å². The second-order valence-corrected chi connectivity index (χ2v) is 8.52. The normalized spacial score (nSPS) is 23.7. The van der Waals surface area contributed by atoms with Crippen molar-refractivity contribution in [2.75, 3.05) is 5.73 Å². The molecule has 2 unspecified atom stereocenters. The topological polar surface area (TPSA) is 86.2 Å². The first kappa shape index (κ1) is 19.3. The van der Waals surface area contributed by atoms with E-state index in [9.17, 15) is 5.11 Å². The zero-order valence-corrected chi connectivity index (χ0v) is 17.0. The van der Waals surface area contributed by atoms with Crippen LogP contribution in [0.4, 0.5) is 5.69 Å². The lowest BCUT2D eigenvalue weighted by Crippen LogP contribution is -2.30. The van der Waals surface area contributed by atoms with Gasteiger partial charge in [-0.2, -0.15) is 0 Å². The highest BCUT2D eigenvalue weighted by Gasteiger charge is 2.33. The van der Waals surface area contributed by atoms with Gasteiger partial charge in [0.25, 0.3) is 0 Å². The molecule has 3 heterocycles. The average Bonchev–Trinajstić information content (AvgIpc) is 3.36. The van der Waals surface area contributed by atoms with Gasteiger partial charge in [-0.25, -0.2) is 4.98 Å². The zero-order valence-electron chi connectivity index (χ0n) is 17.0. The number of hydrogen-bond donors (Lipinski definition) is 2. The zero-order chi connectivity index (χ0) is 20.5. The first-order chi connectivity index (χ1) is 14.7. The van der Waals surface area contributed by atoms with Gasteiger partial charge in [-0.1, -0.05) is 24.3 Å². The highest BCUT2D eigenvalue weighted by atomic mass is 16.5. The summed E-state index contributed by atoms with van der Waals surface area (Å²) in [6.45, 7) is 0.514. The number of aromatic nitrogens is 3. The van der Waals surface area contributed by atoms with Gasteiger partial charge in [0.1, 0.15) is 0 Å². The monoisotopic (exact) mass is 404 g/mol. The molecule has 1 aliphatic heterocycles. The lowest BCUT2D eigenvalue weighted by Gasteiger charge is -2.32. The first-order valence-corrected chi connectivity index (χ1v) is 10.8. The van der Waals surface area contributed by atoms with Crippen LogP contribution in [0, 0.1) is 5.92 Å². The number of nitrogens with two attached hydrogens (primary N) is 1. The lowest BCUT2D eigenvalue weighted by atomic mass is 9.81. The van der Waals surface area contributed by atoms with Crippen molar-refractivity contribution in [1.29, 1.82) is 0 Å². The summed E-state index contributed by atoms with van der Waals surface area (Å²) in [5.74, 6) is 0.319. The van der Waals surface area contributed by atoms with E-state index in [1.165, 1.54) is 11.1 Å². The van der Waals surface area contributed by atoms with Crippen LogP contribution >= 0.6 is 0 Å². The fraction of sp³-hybridized carbons (Fsp3) is 0.417. The Morgan fingerprint density at radius 2 is 1.93 bits per heavy atom. The smallest absolute Gasteiger partial charge is 0.0956 e. The van der Waals surface area contributed by atoms with Crippen LogP contribution in [-0.4, -0.2) is 31.8 Å². The Bertz CT molecular complexity index is 992. The molecule has 0 radical (unpaired) electrons. The summed E-state index contributed by atoms with van der Waals surface area (Å²) < 4.78 is 8.27. The Morgan fingerprint density at radius 3 is 2.73 bits per heavy atom. The van der Waals surface area contributed by atoms with Gasteiger partial charge in [0.05, 0.1) is 60.7 Å². The summed E-state index contributed by atoms with van der Waals surface area (Å²) in [5, 5.41) is 11.0. The van der Waals surface area contributed by atoms with Crippen LogP contribution in [-0.2, 0) is 11.3 Å². The van der Waals surface area contributed by atoms with Crippen molar-refractivity contribution < 1.29 is 9.84 Å². The summed E-state index contributed by atoms with van der Waals surface area (Å²) in [4.78, 5) is 8.62. The maximum Gasteiger partial charge on any atom is 0.0956 e.